The van der Waals surface area contributed by atoms with E-state index in [2.05, 4.69) is 132 Å². The van der Waals surface area contributed by atoms with Crippen molar-refractivity contribution < 1.29 is 0 Å². The van der Waals surface area contributed by atoms with Crippen LogP contribution < -0.4 is 0 Å². The molecule has 2 atom stereocenters. The summed E-state index contributed by atoms with van der Waals surface area (Å²) in [4.78, 5) is 0. The standard InChI is InChI=1S/C32H26N2/c1-21-22(2)28(20-34-31-17-9-5-13-25(31)26-14-6-10-18-32(26)34)27(21)19-33-29-15-7-3-11-23(29)24-12-4-8-16-30(24)33/h3-22H,1-2H3/b27-19+,28-20+/t21-,22+. The van der Waals surface area contributed by atoms with Crippen molar-refractivity contribution in [1.82, 2.24) is 9.13 Å². The molecule has 1 saturated carbocycles. The predicted molar refractivity (Wildman–Crippen MR) is 146 cm³/mol. The Morgan fingerprint density at radius 2 is 0.706 bits per heavy atom. The first-order valence-electron chi connectivity index (χ1n) is 12.1. The van der Waals surface area contributed by atoms with Gasteiger partial charge in [-0.1, -0.05) is 86.6 Å². The van der Waals surface area contributed by atoms with Crippen LogP contribution in [0.2, 0.25) is 0 Å². The fourth-order valence-corrected chi connectivity index (χ4v) is 5.81. The average Bonchev–Trinajstić information content (AvgIpc) is 3.39. The topological polar surface area (TPSA) is 9.86 Å². The van der Waals surface area contributed by atoms with Gasteiger partial charge in [-0.25, -0.2) is 0 Å². The molecule has 1 aliphatic carbocycles. The molecule has 2 aromatic heterocycles. The van der Waals surface area contributed by atoms with Gasteiger partial charge in [-0.05, 0) is 47.2 Å². The van der Waals surface area contributed by atoms with Gasteiger partial charge in [0, 0.05) is 33.9 Å². The van der Waals surface area contributed by atoms with E-state index >= 15 is 0 Å². The van der Waals surface area contributed by atoms with Crippen molar-refractivity contribution in [3.05, 3.63) is 108 Å². The highest BCUT2D eigenvalue weighted by Gasteiger charge is 2.35. The Kier molecular flexibility index (Phi) is 4.13. The lowest BCUT2D eigenvalue weighted by Gasteiger charge is -2.38. The van der Waals surface area contributed by atoms with E-state index < -0.39 is 0 Å². The Balaban J connectivity index is 1.47. The fourth-order valence-electron chi connectivity index (χ4n) is 5.81. The number of allylic oxidation sites excluding steroid dienone is 2. The van der Waals surface area contributed by atoms with E-state index in [1.54, 1.807) is 0 Å². The zero-order chi connectivity index (χ0) is 22.8. The molecule has 1 aliphatic rings. The number of fused-ring (bicyclic) bond motifs is 6. The molecule has 164 valence electrons. The molecule has 4 aromatic carbocycles. The number of rotatable bonds is 2. The van der Waals surface area contributed by atoms with Crippen molar-refractivity contribution in [1.29, 1.82) is 0 Å². The summed E-state index contributed by atoms with van der Waals surface area (Å²) >= 11 is 0. The molecular formula is C32H26N2. The Labute approximate surface area is 199 Å². The molecule has 0 radical (unpaired) electrons. The monoisotopic (exact) mass is 438 g/mol. The van der Waals surface area contributed by atoms with Gasteiger partial charge in [0.1, 0.15) is 0 Å². The highest BCUT2D eigenvalue weighted by Crippen LogP contribution is 2.47. The quantitative estimate of drug-likeness (QED) is 0.256. The third-order valence-electron chi connectivity index (χ3n) is 7.84. The van der Waals surface area contributed by atoms with Crippen LogP contribution in [0.3, 0.4) is 0 Å². The number of para-hydroxylation sites is 4. The summed E-state index contributed by atoms with van der Waals surface area (Å²) in [6.45, 7) is 4.71. The Hall–Kier alpha value is -4.04. The van der Waals surface area contributed by atoms with Crippen molar-refractivity contribution in [3.63, 3.8) is 0 Å². The van der Waals surface area contributed by atoms with Crippen LogP contribution in [0.5, 0.6) is 0 Å². The number of aromatic nitrogens is 2. The summed E-state index contributed by atoms with van der Waals surface area (Å²) in [5.41, 5.74) is 7.89. The lowest BCUT2D eigenvalue weighted by molar-refractivity contribution is 0.432. The maximum absolute atomic E-state index is 2.39. The second kappa shape index (κ2) is 7.23. The number of nitrogens with zero attached hydrogens (tertiary/aromatic N) is 2. The molecule has 2 nitrogen and oxygen atoms in total. The SMILES string of the molecule is C[C@@H]1C(=C\n2c3ccccc3c3ccccc32)/C(=C/n2c3ccccc3c3ccccc32)[C@@H]1C. The summed E-state index contributed by atoms with van der Waals surface area (Å²) in [5, 5.41) is 5.23. The normalized spacial score (nSPS) is 20.8. The number of benzene rings is 4. The van der Waals surface area contributed by atoms with Gasteiger partial charge in [-0.2, -0.15) is 0 Å². The molecule has 0 amide bonds. The van der Waals surface area contributed by atoms with Crippen molar-refractivity contribution >= 4 is 56.0 Å². The van der Waals surface area contributed by atoms with Crippen LogP contribution in [-0.4, -0.2) is 9.13 Å². The maximum Gasteiger partial charge on any atom is 0.0535 e. The van der Waals surface area contributed by atoms with Gasteiger partial charge in [0.15, 0.2) is 0 Å². The minimum absolute atomic E-state index is 0.513. The molecule has 0 bridgehead atoms. The van der Waals surface area contributed by atoms with Gasteiger partial charge in [0.25, 0.3) is 0 Å². The highest BCUT2D eigenvalue weighted by atomic mass is 15.0. The van der Waals surface area contributed by atoms with E-state index in [0.29, 0.717) is 11.8 Å². The van der Waals surface area contributed by atoms with Gasteiger partial charge in [-0.15, -0.1) is 0 Å². The van der Waals surface area contributed by atoms with E-state index in [4.69, 9.17) is 0 Å². The first-order valence-corrected chi connectivity index (χ1v) is 12.1. The summed E-state index contributed by atoms with van der Waals surface area (Å²) in [6.07, 6.45) is 4.77. The van der Waals surface area contributed by atoms with Crippen LogP contribution >= 0.6 is 0 Å². The smallest absolute Gasteiger partial charge is 0.0535 e. The number of hydrogen-bond donors (Lipinski definition) is 0. The summed E-state index contributed by atoms with van der Waals surface area (Å²) < 4.78 is 4.78. The minimum atomic E-state index is 0.513. The largest absolute Gasteiger partial charge is 0.316 e. The molecule has 7 rings (SSSR count). The predicted octanol–water partition coefficient (Wildman–Crippen LogP) is 8.57. The van der Waals surface area contributed by atoms with Gasteiger partial charge < -0.3 is 9.13 Å². The van der Waals surface area contributed by atoms with Crippen LogP contribution in [0.25, 0.3) is 56.0 Å². The second-order valence-electron chi connectivity index (χ2n) is 9.55. The molecule has 0 N–H and O–H groups in total. The van der Waals surface area contributed by atoms with E-state index in [-0.39, 0.29) is 0 Å². The van der Waals surface area contributed by atoms with Gasteiger partial charge in [0.2, 0.25) is 0 Å². The maximum atomic E-state index is 2.39. The van der Waals surface area contributed by atoms with E-state index in [1.165, 1.54) is 54.8 Å². The van der Waals surface area contributed by atoms with Crippen LogP contribution in [0.4, 0.5) is 0 Å². The third kappa shape index (κ3) is 2.63. The molecule has 2 heterocycles. The van der Waals surface area contributed by atoms with Gasteiger partial charge in [0.05, 0.1) is 22.1 Å². The first kappa shape index (κ1) is 19.4. The van der Waals surface area contributed by atoms with Crippen molar-refractivity contribution in [2.75, 3.05) is 0 Å². The van der Waals surface area contributed by atoms with E-state index in [9.17, 15) is 0 Å². The van der Waals surface area contributed by atoms with Crippen molar-refractivity contribution in [2.45, 2.75) is 13.8 Å². The molecule has 0 spiro atoms. The molecule has 2 heteroatoms. The Morgan fingerprint density at radius 1 is 0.441 bits per heavy atom. The van der Waals surface area contributed by atoms with Crippen LogP contribution in [-0.2, 0) is 0 Å². The van der Waals surface area contributed by atoms with Crippen molar-refractivity contribution in [3.8, 4) is 0 Å². The first-order chi connectivity index (χ1) is 16.7. The molecule has 0 saturated heterocycles. The van der Waals surface area contributed by atoms with Gasteiger partial charge in [-0.3, -0.25) is 0 Å². The van der Waals surface area contributed by atoms with Crippen LogP contribution in [0.1, 0.15) is 13.8 Å². The fraction of sp³-hybridized carbons (Fsp3) is 0.125. The Bertz CT molecular complexity index is 1550. The van der Waals surface area contributed by atoms with E-state index in [0.717, 1.165) is 0 Å². The molecule has 6 aromatic rings. The molecule has 34 heavy (non-hydrogen) atoms. The van der Waals surface area contributed by atoms with E-state index in [1.807, 2.05) is 0 Å². The molecule has 0 unspecified atom stereocenters. The highest BCUT2D eigenvalue weighted by molar-refractivity contribution is 6.10. The zero-order valence-corrected chi connectivity index (χ0v) is 19.4. The van der Waals surface area contributed by atoms with Crippen molar-refractivity contribution in [2.24, 2.45) is 11.8 Å². The lowest BCUT2D eigenvalue weighted by Crippen LogP contribution is -2.28. The Morgan fingerprint density at radius 3 is 1.00 bits per heavy atom. The zero-order valence-electron chi connectivity index (χ0n) is 19.4. The summed E-state index contributed by atoms with van der Waals surface area (Å²) in [7, 11) is 0. The number of hydrogen-bond acceptors (Lipinski definition) is 0. The molecular weight excluding hydrogens is 412 g/mol. The minimum Gasteiger partial charge on any atom is -0.316 e. The molecule has 0 aliphatic heterocycles. The van der Waals surface area contributed by atoms with Crippen LogP contribution in [0.15, 0.2) is 108 Å². The lowest BCUT2D eigenvalue weighted by atomic mass is 9.67. The summed E-state index contributed by atoms with van der Waals surface area (Å²) in [5.74, 6) is 1.03. The summed E-state index contributed by atoms with van der Waals surface area (Å²) in [6, 6.07) is 34.9. The average molecular weight is 439 g/mol. The second-order valence-corrected chi connectivity index (χ2v) is 9.55. The van der Waals surface area contributed by atoms with Gasteiger partial charge >= 0.3 is 0 Å². The molecule has 1 fully saturated rings. The van der Waals surface area contributed by atoms with Crippen LogP contribution in [0, 0.1) is 11.8 Å². The third-order valence-corrected chi connectivity index (χ3v) is 7.84.